The van der Waals surface area contributed by atoms with Crippen molar-refractivity contribution >= 4 is 23.3 Å². The molecule has 0 fully saturated rings. The minimum atomic E-state index is -5.18. The molecule has 7 nitrogen and oxygen atoms in total. The Kier molecular flexibility index (Phi) is 4.86. The molecule has 24 heavy (non-hydrogen) atoms. The Labute approximate surface area is 133 Å². The minimum absolute atomic E-state index is 0.0701. The lowest BCUT2D eigenvalue weighted by Crippen LogP contribution is -2.48. The second kappa shape index (κ2) is 6.69. The van der Waals surface area contributed by atoms with E-state index in [1.54, 1.807) is 18.2 Å². The van der Waals surface area contributed by atoms with Crippen molar-refractivity contribution in [3.8, 4) is 0 Å². The number of halogens is 3. The van der Waals surface area contributed by atoms with Crippen LogP contribution in [0.4, 0.5) is 13.2 Å². The molecule has 1 amide bonds. The maximum atomic E-state index is 12.3. The van der Waals surface area contributed by atoms with Gasteiger partial charge >= 0.3 is 18.1 Å². The molecule has 0 bridgehead atoms. The van der Waals surface area contributed by atoms with Crippen LogP contribution in [0.15, 0.2) is 30.6 Å². The monoisotopic (exact) mass is 343 g/mol. The van der Waals surface area contributed by atoms with E-state index in [1.807, 2.05) is 0 Å². The number of carbonyl (C=O) groups excluding carboxylic acids is 3. The molecule has 1 atom stereocenters. The summed E-state index contributed by atoms with van der Waals surface area (Å²) in [5.41, 5.74) is 0.524. The van der Waals surface area contributed by atoms with Crippen LogP contribution in [0.3, 0.4) is 0 Å². The van der Waals surface area contributed by atoms with Gasteiger partial charge in [0.1, 0.15) is 17.4 Å². The highest BCUT2D eigenvalue weighted by atomic mass is 19.4. The lowest BCUT2D eigenvalue weighted by Gasteiger charge is -2.16. The smallest absolute Gasteiger partial charge is 0.467 e. The van der Waals surface area contributed by atoms with Crippen molar-refractivity contribution < 1.29 is 32.3 Å². The summed E-state index contributed by atoms with van der Waals surface area (Å²) in [6, 6.07) is 3.19. The van der Waals surface area contributed by atoms with Gasteiger partial charge in [-0.3, -0.25) is 14.0 Å². The lowest BCUT2D eigenvalue weighted by atomic mass is 10.1. The number of carbonyl (C=O) groups is 3. The summed E-state index contributed by atoms with van der Waals surface area (Å²) in [6.07, 6.45) is -3.11. The molecule has 2 rings (SSSR count). The van der Waals surface area contributed by atoms with E-state index in [4.69, 9.17) is 0 Å². The fraction of sp³-hybridized carbons (Fsp3) is 0.286. The number of alkyl halides is 3. The third kappa shape index (κ3) is 3.70. The quantitative estimate of drug-likeness (QED) is 0.649. The molecule has 10 heteroatoms. The second-order valence-corrected chi connectivity index (χ2v) is 4.75. The van der Waals surface area contributed by atoms with Crippen molar-refractivity contribution in [3.63, 3.8) is 0 Å². The van der Waals surface area contributed by atoms with E-state index in [2.05, 4.69) is 9.72 Å². The van der Waals surface area contributed by atoms with Crippen LogP contribution in [0.2, 0.25) is 0 Å². The zero-order valence-electron chi connectivity index (χ0n) is 12.3. The Morgan fingerprint density at radius 3 is 2.67 bits per heavy atom. The number of esters is 1. The van der Waals surface area contributed by atoms with E-state index in [9.17, 15) is 27.6 Å². The van der Waals surface area contributed by atoms with Crippen LogP contribution in [-0.2, 0) is 14.3 Å². The van der Waals surface area contributed by atoms with Gasteiger partial charge in [-0.05, 0) is 12.1 Å². The van der Waals surface area contributed by atoms with Crippen molar-refractivity contribution in [1.29, 1.82) is 0 Å². The average molecular weight is 343 g/mol. The number of hydrogen-bond donors (Lipinski definition) is 1. The van der Waals surface area contributed by atoms with Crippen LogP contribution >= 0.6 is 0 Å². The first kappa shape index (κ1) is 17.4. The summed E-state index contributed by atoms with van der Waals surface area (Å²) in [7, 11) is 0.938. The molecule has 2 aromatic heterocycles. The van der Waals surface area contributed by atoms with Gasteiger partial charge in [0, 0.05) is 12.6 Å². The van der Waals surface area contributed by atoms with E-state index < -0.39 is 36.3 Å². The van der Waals surface area contributed by atoms with Gasteiger partial charge in [-0.2, -0.15) is 13.2 Å². The van der Waals surface area contributed by atoms with E-state index >= 15 is 0 Å². The molecule has 128 valence electrons. The molecule has 0 aliphatic rings. The Morgan fingerprint density at radius 1 is 1.33 bits per heavy atom. The van der Waals surface area contributed by atoms with E-state index in [-0.39, 0.29) is 5.69 Å². The number of ether oxygens (including phenoxy) is 1. The van der Waals surface area contributed by atoms with Crippen LogP contribution in [-0.4, -0.2) is 46.4 Å². The fourth-order valence-electron chi connectivity index (χ4n) is 2.00. The number of pyridine rings is 1. The van der Waals surface area contributed by atoms with Crippen LogP contribution in [0, 0.1) is 0 Å². The third-order valence-electron chi connectivity index (χ3n) is 3.14. The zero-order chi connectivity index (χ0) is 17.9. The van der Waals surface area contributed by atoms with Crippen molar-refractivity contribution in [2.45, 2.75) is 18.6 Å². The molecular weight excluding hydrogens is 331 g/mol. The molecule has 0 aliphatic carbocycles. The summed E-state index contributed by atoms with van der Waals surface area (Å²) >= 11 is 0. The van der Waals surface area contributed by atoms with Crippen molar-refractivity contribution in [2.24, 2.45) is 0 Å². The highest BCUT2D eigenvalue weighted by Gasteiger charge is 2.41. The largest absolute Gasteiger partial charge is 0.471 e. The predicted octanol–water partition coefficient (Wildman–Crippen LogP) is 1.13. The number of fused-ring (bicyclic) bond motifs is 1. The zero-order valence-corrected chi connectivity index (χ0v) is 12.3. The molecule has 0 unspecified atom stereocenters. The van der Waals surface area contributed by atoms with Gasteiger partial charge in [0.15, 0.2) is 5.78 Å². The number of hydrogen-bond acceptors (Lipinski definition) is 5. The maximum Gasteiger partial charge on any atom is 0.471 e. The number of Topliss-reactive ketones (excluding diaryl/α,β-unsaturated/α-hetero) is 1. The number of methoxy groups -OCH3 is 1. The topological polar surface area (TPSA) is 89.8 Å². The highest BCUT2D eigenvalue weighted by Crippen LogP contribution is 2.16. The summed E-state index contributed by atoms with van der Waals surface area (Å²) in [5, 5.41) is 1.46. The number of amides is 1. The van der Waals surface area contributed by atoms with E-state index in [1.165, 1.54) is 22.1 Å². The molecule has 1 N–H and O–H groups in total. The van der Waals surface area contributed by atoms with Crippen LogP contribution in [0.5, 0.6) is 0 Å². The molecular formula is C14H12F3N3O4. The summed E-state index contributed by atoms with van der Waals surface area (Å²) in [4.78, 5) is 38.8. The van der Waals surface area contributed by atoms with Gasteiger partial charge in [-0.1, -0.05) is 6.07 Å². The first-order chi connectivity index (χ1) is 11.2. The maximum absolute atomic E-state index is 12.3. The minimum Gasteiger partial charge on any atom is -0.467 e. The van der Waals surface area contributed by atoms with Gasteiger partial charge in [0.05, 0.1) is 13.3 Å². The normalized spacial score (nSPS) is 12.7. The number of aromatic nitrogens is 2. The molecule has 2 heterocycles. The summed E-state index contributed by atoms with van der Waals surface area (Å²) < 4.78 is 42.8. The standard InChI is InChI=1S/C14H12F3N3O4/c1-24-12(22)8(19-13(23)14(15,16)17)6-10(21)9-7-18-11-4-2-3-5-20(9)11/h2-5,7-8H,6H2,1H3,(H,19,23)/t8-/m1/s1. The molecule has 0 saturated carbocycles. The van der Waals surface area contributed by atoms with Gasteiger partial charge < -0.3 is 10.1 Å². The molecule has 2 aromatic rings. The number of ketones is 1. The summed E-state index contributed by atoms with van der Waals surface area (Å²) in [6.45, 7) is 0. The van der Waals surface area contributed by atoms with Crippen molar-refractivity contribution in [1.82, 2.24) is 14.7 Å². The Bertz CT molecular complexity index is 785. The van der Waals surface area contributed by atoms with Gasteiger partial charge in [0.25, 0.3) is 0 Å². The highest BCUT2D eigenvalue weighted by molar-refractivity contribution is 5.99. The van der Waals surface area contributed by atoms with Crippen LogP contribution < -0.4 is 5.32 Å². The Balaban J connectivity index is 2.21. The number of rotatable bonds is 5. The van der Waals surface area contributed by atoms with E-state index in [0.29, 0.717) is 5.65 Å². The molecule has 0 aromatic carbocycles. The van der Waals surface area contributed by atoms with Gasteiger partial charge in [-0.25, -0.2) is 9.78 Å². The number of imidazole rings is 1. The first-order valence-electron chi connectivity index (χ1n) is 6.65. The average Bonchev–Trinajstić information content (AvgIpc) is 2.96. The molecule has 0 saturated heterocycles. The Morgan fingerprint density at radius 2 is 2.04 bits per heavy atom. The van der Waals surface area contributed by atoms with Crippen LogP contribution in [0.1, 0.15) is 16.9 Å². The van der Waals surface area contributed by atoms with Crippen molar-refractivity contribution in [2.75, 3.05) is 7.11 Å². The third-order valence-corrected chi connectivity index (χ3v) is 3.14. The second-order valence-electron chi connectivity index (χ2n) is 4.75. The predicted molar refractivity (Wildman–Crippen MR) is 74.1 cm³/mol. The molecule has 0 spiro atoms. The summed E-state index contributed by atoms with van der Waals surface area (Å²) in [5.74, 6) is -4.16. The van der Waals surface area contributed by atoms with Crippen molar-refractivity contribution in [3.05, 3.63) is 36.3 Å². The van der Waals surface area contributed by atoms with Gasteiger partial charge in [0.2, 0.25) is 0 Å². The molecule has 0 aliphatic heterocycles. The van der Waals surface area contributed by atoms with E-state index in [0.717, 1.165) is 7.11 Å². The first-order valence-corrected chi connectivity index (χ1v) is 6.65. The Hall–Kier alpha value is -2.91. The fourth-order valence-corrected chi connectivity index (χ4v) is 2.00. The number of nitrogens with one attached hydrogen (secondary N) is 1. The number of nitrogens with zero attached hydrogens (tertiary/aromatic N) is 2. The SMILES string of the molecule is COC(=O)[C@@H](CC(=O)c1cnc2ccccn12)NC(=O)C(F)(F)F. The van der Waals surface area contributed by atoms with Crippen LogP contribution in [0.25, 0.3) is 5.65 Å². The van der Waals surface area contributed by atoms with Gasteiger partial charge in [-0.15, -0.1) is 0 Å². The molecule has 0 radical (unpaired) electrons. The lowest BCUT2D eigenvalue weighted by molar-refractivity contribution is -0.175.